The van der Waals surface area contributed by atoms with E-state index in [1.54, 1.807) is 37.7 Å². The van der Waals surface area contributed by atoms with E-state index in [2.05, 4.69) is 37.2 Å². The first-order valence-electron chi connectivity index (χ1n) is 10.5. The van der Waals surface area contributed by atoms with Crippen molar-refractivity contribution in [3.8, 4) is 11.8 Å². The van der Waals surface area contributed by atoms with Crippen LogP contribution in [-0.4, -0.2) is 54.9 Å². The molecule has 9 heteroatoms. The van der Waals surface area contributed by atoms with Gasteiger partial charge in [0, 0.05) is 37.9 Å². The number of methoxy groups -OCH3 is 1. The van der Waals surface area contributed by atoms with E-state index in [9.17, 15) is 4.79 Å². The summed E-state index contributed by atoms with van der Waals surface area (Å²) >= 11 is 1.37. The molecule has 33 heavy (non-hydrogen) atoms. The molecule has 2 aromatic carbocycles. The van der Waals surface area contributed by atoms with E-state index in [4.69, 9.17) is 10.00 Å². The number of carbonyl (C=O) groups excluding carboxylic acids is 1. The number of aromatic nitrogens is 2. The van der Waals surface area contributed by atoms with Gasteiger partial charge >= 0.3 is 0 Å². The molecule has 0 bridgehead atoms. The summed E-state index contributed by atoms with van der Waals surface area (Å²) in [5, 5.41) is 12.4. The maximum Gasteiger partial charge on any atom is 0.234 e. The molecule has 1 amide bonds. The molecule has 1 fully saturated rings. The zero-order valence-electron chi connectivity index (χ0n) is 18.3. The maximum absolute atomic E-state index is 12.3. The fraction of sp³-hybridized carbons (Fsp3) is 0.250. The van der Waals surface area contributed by atoms with Gasteiger partial charge in [0.05, 0.1) is 30.2 Å². The summed E-state index contributed by atoms with van der Waals surface area (Å²) in [6, 6.07) is 18.8. The minimum Gasteiger partial charge on any atom is -0.495 e. The average Bonchev–Trinajstić information content (AvgIpc) is 2.88. The van der Waals surface area contributed by atoms with Gasteiger partial charge in [0.1, 0.15) is 22.9 Å². The van der Waals surface area contributed by atoms with Crippen molar-refractivity contribution < 1.29 is 9.53 Å². The topological polar surface area (TPSA) is 94.4 Å². The van der Waals surface area contributed by atoms with Gasteiger partial charge in [-0.25, -0.2) is 9.97 Å². The van der Waals surface area contributed by atoms with Crippen LogP contribution in [0.1, 0.15) is 5.56 Å². The third kappa shape index (κ3) is 5.73. The van der Waals surface area contributed by atoms with E-state index >= 15 is 0 Å². The van der Waals surface area contributed by atoms with Gasteiger partial charge in [0.25, 0.3) is 0 Å². The van der Waals surface area contributed by atoms with Crippen LogP contribution in [0.25, 0.3) is 0 Å². The summed E-state index contributed by atoms with van der Waals surface area (Å²) in [4.78, 5) is 25.6. The molecular formula is C24H24N6O2S. The van der Waals surface area contributed by atoms with Crippen molar-refractivity contribution in [3.63, 3.8) is 0 Å². The lowest BCUT2D eigenvalue weighted by molar-refractivity contribution is -0.113. The number of benzene rings is 2. The highest BCUT2D eigenvalue weighted by atomic mass is 32.2. The first kappa shape index (κ1) is 22.4. The van der Waals surface area contributed by atoms with Gasteiger partial charge in [-0.2, -0.15) is 5.26 Å². The molecule has 1 N–H and O–H groups in total. The number of amides is 1. The minimum atomic E-state index is -0.129. The van der Waals surface area contributed by atoms with Crippen molar-refractivity contribution in [2.75, 3.05) is 54.2 Å². The molecule has 3 aromatic rings. The van der Waals surface area contributed by atoms with Gasteiger partial charge in [0.15, 0.2) is 0 Å². The molecule has 0 radical (unpaired) electrons. The summed E-state index contributed by atoms with van der Waals surface area (Å²) < 4.78 is 5.50. The Kier molecular flexibility index (Phi) is 7.27. The predicted molar refractivity (Wildman–Crippen MR) is 130 cm³/mol. The van der Waals surface area contributed by atoms with E-state index < -0.39 is 0 Å². The Balaban J connectivity index is 1.31. The molecule has 0 unspecified atom stereocenters. The second kappa shape index (κ2) is 10.7. The molecule has 0 atom stereocenters. The van der Waals surface area contributed by atoms with E-state index in [1.165, 1.54) is 11.8 Å². The summed E-state index contributed by atoms with van der Waals surface area (Å²) in [7, 11) is 1.69. The van der Waals surface area contributed by atoms with Crippen LogP contribution in [0.3, 0.4) is 0 Å². The molecule has 0 saturated carbocycles. The molecule has 0 spiro atoms. The van der Waals surface area contributed by atoms with E-state index in [1.807, 2.05) is 24.3 Å². The Labute approximate surface area is 197 Å². The number of ether oxygens (including phenoxy) is 1. The van der Waals surface area contributed by atoms with Gasteiger partial charge in [-0.3, -0.25) is 4.79 Å². The number of nitrogens with zero attached hydrogens (tertiary/aromatic N) is 5. The van der Waals surface area contributed by atoms with Crippen molar-refractivity contribution >= 4 is 34.9 Å². The monoisotopic (exact) mass is 460 g/mol. The minimum absolute atomic E-state index is 0.129. The lowest BCUT2D eigenvalue weighted by Gasteiger charge is -2.37. The number of thioether (sulfide) groups is 1. The number of anilines is 3. The third-order valence-electron chi connectivity index (χ3n) is 5.31. The Morgan fingerprint density at radius 1 is 1.09 bits per heavy atom. The smallest absolute Gasteiger partial charge is 0.234 e. The number of hydrogen-bond acceptors (Lipinski definition) is 8. The van der Waals surface area contributed by atoms with Crippen LogP contribution in [0.2, 0.25) is 0 Å². The molecule has 4 rings (SSSR count). The van der Waals surface area contributed by atoms with Crippen molar-refractivity contribution in [3.05, 3.63) is 66.5 Å². The lowest BCUT2D eigenvalue weighted by atomic mass is 10.2. The summed E-state index contributed by atoms with van der Waals surface area (Å²) in [6.45, 7) is 3.39. The van der Waals surface area contributed by atoms with E-state index in [0.717, 1.165) is 48.5 Å². The molecule has 2 heterocycles. The Bertz CT molecular complexity index is 1140. The van der Waals surface area contributed by atoms with Crippen LogP contribution in [-0.2, 0) is 4.79 Å². The van der Waals surface area contributed by atoms with Crippen molar-refractivity contribution in [2.45, 2.75) is 5.03 Å². The highest BCUT2D eigenvalue weighted by Crippen LogP contribution is 2.29. The number of nitriles is 1. The van der Waals surface area contributed by atoms with Crippen LogP contribution >= 0.6 is 11.8 Å². The first-order valence-corrected chi connectivity index (χ1v) is 11.5. The number of piperazine rings is 1. The highest BCUT2D eigenvalue weighted by molar-refractivity contribution is 7.99. The number of nitrogens with one attached hydrogen (secondary N) is 1. The second-order valence-corrected chi connectivity index (χ2v) is 8.38. The van der Waals surface area contributed by atoms with Gasteiger partial charge < -0.3 is 19.9 Å². The summed E-state index contributed by atoms with van der Waals surface area (Å²) in [6.07, 6.45) is 1.54. The summed E-state index contributed by atoms with van der Waals surface area (Å²) in [5.74, 6) is 1.85. The highest BCUT2D eigenvalue weighted by Gasteiger charge is 2.21. The van der Waals surface area contributed by atoms with Gasteiger partial charge in [-0.1, -0.05) is 23.9 Å². The fourth-order valence-corrected chi connectivity index (χ4v) is 4.28. The van der Waals surface area contributed by atoms with Gasteiger partial charge in [-0.15, -0.1) is 0 Å². The van der Waals surface area contributed by atoms with Crippen LogP contribution in [0.15, 0.2) is 66.0 Å². The van der Waals surface area contributed by atoms with Gasteiger partial charge in [-0.05, 0) is 36.4 Å². The van der Waals surface area contributed by atoms with Gasteiger partial charge in [0.2, 0.25) is 5.91 Å². The molecule has 168 valence electrons. The quantitative estimate of drug-likeness (QED) is 0.423. The molecule has 1 aliphatic rings. The second-order valence-electron chi connectivity index (χ2n) is 7.39. The summed E-state index contributed by atoms with van der Waals surface area (Å²) in [5.41, 5.74) is 2.32. The standard InChI is InChI=1S/C24H24N6O2S/c1-32-21-5-3-2-4-20(21)29-10-12-30(13-11-29)22-14-24(27-17-26-22)33-16-23(31)28-19-8-6-18(15-25)7-9-19/h2-9,14,17H,10-13,16H2,1H3,(H,28,31). The van der Waals surface area contributed by atoms with E-state index in [-0.39, 0.29) is 11.7 Å². The first-order chi connectivity index (χ1) is 16.2. The zero-order chi connectivity index (χ0) is 23.0. The van der Waals surface area contributed by atoms with E-state index in [0.29, 0.717) is 11.3 Å². The van der Waals surface area contributed by atoms with Crippen molar-refractivity contribution in [1.82, 2.24) is 9.97 Å². The maximum atomic E-state index is 12.3. The largest absolute Gasteiger partial charge is 0.495 e. The molecule has 1 aromatic heterocycles. The number of para-hydroxylation sites is 2. The molecule has 8 nitrogen and oxygen atoms in total. The third-order valence-corrected chi connectivity index (χ3v) is 6.23. The number of hydrogen-bond donors (Lipinski definition) is 1. The number of rotatable bonds is 7. The molecular weight excluding hydrogens is 436 g/mol. The van der Waals surface area contributed by atoms with Crippen LogP contribution < -0.4 is 19.9 Å². The van der Waals surface area contributed by atoms with Crippen LogP contribution in [0, 0.1) is 11.3 Å². The Hall–Kier alpha value is -3.77. The molecule has 0 aliphatic carbocycles. The van der Waals surface area contributed by atoms with Crippen LogP contribution in [0.4, 0.5) is 17.2 Å². The van der Waals surface area contributed by atoms with Crippen molar-refractivity contribution in [2.24, 2.45) is 0 Å². The predicted octanol–water partition coefficient (Wildman–Crippen LogP) is 3.41. The Morgan fingerprint density at radius 2 is 1.82 bits per heavy atom. The molecule has 1 saturated heterocycles. The normalized spacial score (nSPS) is 13.3. The lowest BCUT2D eigenvalue weighted by Crippen LogP contribution is -2.47. The Morgan fingerprint density at radius 3 is 2.55 bits per heavy atom. The average molecular weight is 461 g/mol. The van der Waals surface area contributed by atoms with Crippen LogP contribution in [0.5, 0.6) is 5.75 Å². The molecule has 1 aliphatic heterocycles. The fourth-order valence-electron chi connectivity index (χ4n) is 3.61. The zero-order valence-corrected chi connectivity index (χ0v) is 19.1. The number of carbonyl (C=O) groups is 1. The van der Waals surface area contributed by atoms with Crippen molar-refractivity contribution in [1.29, 1.82) is 5.26 Å². The SMILES string of the molecule is COc1ccccc1N1CCN(c2cc(SCC(=O)Nc3ccc(C#N)cc3)ncn2)CC1.